The molecule has 0 fully saturated rings. The van der Waals surface area contributed by atoms with E-state index in [9.17, 15) is 4.79 Å². The molecular formula is C29H30N6O2. The molecule has 2 N–H and O–H groups in total. The van der Waals surface area contributed by atoms with E-state index in [2.05, 4.69) is 71.2 Å². The maximum absolute atomic E-state index is 13.4. The standard InChI is InChI=1S/C29H30N6O2/c1-19-25(27(36)31-23-8-6-5-7-9-23)26(35-28(30-19)32-33-34-35)21-12-16-24(17-13-21)37-18-20-10-14-22(15-11-20)29(2,3)4/h5-17,26H,18H2,1-4H3,(H,31,36)(H,30,32,34). The van der Waals surface area contributed by atoms with Crippen molar-refractivity contribution in [2.24, 2.45) is 0 Å². The maximum atomic E-state index is 13.4. The minimum Gasteiger partial charge on any atom is -0.489 e. The summed E-state index contributed by atoms with van der Waals surface area (Å²) in [6.45, 7) is 8.93. The van der Waals surface area contributed by atoms with Gasteiger partial charge in [-0.25, -0.2) is 0 Å². The van der Waals surface area contributed by atoms with E-state index < -0.39 is 6.04 Å². The van der Waals surface area contributed by atoms with E-state index in [1.165, 1.54) is 5.56 Å². The van der Waals surface area contributed by atoms with Crippen LogP contribution in [0, 0.1) is 0 Å². The normalized spacial score (nSPS) is 15.1. The van der Waals surface area contributed by atoms with Crippen LogP contribution in [-0.2, 0) is 16.8 Å². The molecule has 1 aliphatic rings. The van der Waals surface area contributed by atoms with E-state index in [4.69, 9.17) is 4.74 Å². The minimum absolute atomic E-state index is 0.118. The summed E-state index contributed by atoms with van der Waals surface area (Å²) in [7, 11) is 0. The molecule has 0 spiro atoms. The predicted octanol–water partition coefficient (Wildman–Crippen LogP) is 5.48. The van der Waals surface area contributed by atoms with Gasteiger partial charge < -0.3 is 15.4 Å². The monoisotopic (exact) mass is 494 g/mol. The smallest absolute Gasteiger partial charge is 0.255 e. The number of carbonyl (C=O) groups is 1. The van der Waals surface area contributed by atoms with Crippen LogP contribution in [0.4, 0.5) is 11.6 Å². The number of nitrogens with one attached hydrogen (secondary N) is 2. The lowest BCUT2D eigenvalue weighted by Gasteiger charge is -2.28. The summed E-state index contributed by atoms with van der Waals surface area (Å²) in [4.78, 5) is 13.4. The zero-order valence-electron chi connectivity index (χ0n) is 21.4. The van der Waals surface area contributed by atoms with Gasteiger partial charge in [-0.2, -0.15) is 4.68 Å². The van der Waals surface area contributed by atoms with E-state index >= 15 is 0 Å². The fourth-order valence-corrected chi connectivity index (χ4v) is 4.35. The number of amides is 1. The molecule has 188 valence electrons. The van der Waals surface area contributed by atoms with Crippen molar-refractivity contribution < 1.29 is 9.53 Å². The second-order valence-electron chi connectivity index (χ2n) is 10.1. The highest BCUT2D eigenvalue weighted by Gasteiger charge is 2.34. The topological polar surface area (TPSA) is 94.0 Å². The molecular weight excluding hydrogens is 464 g/mol. The molecule has 37 heavy (non-hydrogen) atoms. The number of hydrogen-bond acceptors (Lipinski definition) is 6. The number of allylic oxidation sites excluding steroid dienone is 1. The summed E-state index contributed by atoms with van der Waals surface area (Å²) >= 11 is 0. The first-order valence-corrected chi connectivity index (χ1v) is 12.2. The zero-order chi connectivity index (χ0) is 26.0. The van der Waals surface area contributed by atoms with Gasteiger partial charge in [-0.15, -0.1) is 0 Å². The Kier molecular flexibility index (Phi) is 6.48. The number of anilines is 2. The van der Waals surface area contributed by atoms with Gasteiger partial charge in [0.05, 0.1) is 5.57 Å². The lowest BCUT2D eigenvalue weighted by molar-refractivity contribution is -0.113. The van der Waals surface area contributed by atoms with Crippen LogP contribution < -0.4 is 15.4 Å². The van der Waals surface area contributed by atoms with Crippen LogP contribution in [0.1, 0.15) is 50.4 Å². The van der Waals surface area contributed by atoms with Crippen LogP contribution in [0.3, 0.4) is 0 Å². The number of hydrogen-bond donors (Lipinski definition) is 2. The number of rotatable bonds is 6. The molecule has 0 saturated heterocycles. The molecule has 1 unspecified atom stereocenters. The molecule has 0 radical (unpaired) electrons. The Balaban J connectivity index is 1.35. The molecule has 4 aromatic rings. The van der Waals surface area contributed by atoms with Gasteiger partial charge in [0.2, 0.25) is 5.95 Å². The van der Waals surface area contributed by atoms with Gasteiger partial charge in [-0.1, -0.05) is 80.5 Å². The first kappa shape index (κ1) is 24.2. The number of nitrogens with zero attached hydrogens (tertiary/aromatic N) is 4. The first-order valence-electron chi connectivity index (χ1n) is 12.2. The van der Waals surface area contributed by atoms with Crippen LogP contribution in [0.25, 0.3) is 0 Å². The Hall–Kier alpha value is -4.46. The van der Waals surface area contributed by atoms with E-state index in [0.29, 0.717) is 29.5 Å². The Morgan fingerprint density at radius 1 is 1.00 bits per heavy atom. The van der Waals surface area contributed by atoms with Crippen molar-refractivity contribution in [2.45, 2.75) is 45.8 Å². The van der Waals surface area contributed by atoms with Crippen molar-refractivity contribution in [2.75, 3.05) is 10.6 Å². The van der Waals surface area contributed by atoms with E-state index in [1.807, 2.05) is 61.5 Å². The van der Waals surface area contributed by atoms with Gasteiger partial charge in [0.25, 0.3) is 5.91 Å². The largest absolute Gasteiger partial charge is 0.489 e. The minimum atomic E-state index is -0.492. The van der Waals surface area contributed by atoms with Gasteiger partial charge in [0.15, 0.2) is 0 Å². The molecule has 1 amide bonds. The average molecular weight is 495 g/mol. The van der Waals surface area contributed by atoms with Crippen LogP contribution in [0.15, 0.2) is 90.1 Å². The molecule has 3 aromatic carbocycles. The highest BCUT2D eigenvalue weighted by Crippen LogP contribution is 2.35. The van der Waals surface area contributed by atoms with Crippen LogP contribution in [-0.4, -0.2) is 26.1 Å². The van der Waals surface area contributed by atoms with Gasteiger partial charge in [0.1, 0.15) is 18.4 Å². The molecule has 0 bridgehead atoms. The van der Waals surface area contributed by atoms with Crippen molar-refractivity contribution in [3.05, 3.63) is 107 Å². The molecule has 2 heterocycles. The predicted molar refractivity (Wildman–Crippen MR) is 143 cm³/mol. The Labute approximate surface area is 216 Å². The highest BCUT2D eigenvalue weighted by atomic mass is 16.5. The number of carbonyl (C=O) groups excluding carboxylic acids is 1. The lowest BCUT2D eigenvalue weighted by atomic mass is 9.87. The number of ether oxygens (including phenoxy) is 1. The SMILES string of the molecule is CC1=C(C(=O)Nc2ccccc2)C(c2ccc(OCc3ccc(C(C)(C)C)cc3)cc2)n2nnnc2N1. The third-order valence-corrected chi connectivity index (χ3v) is 6.41. The summed E-state index contributed by atoms with van der Waals surface area (Å²) in [6, 6.07) is 25.1. The first-order chi connectivity index (χ1) is 17.8. The number of aromatic nitrogens is 4. The summed E-state index contributed by atoms with van der Waals surface area (Å²) in [5.74, 6) is 1.00. The Bertz CT molecular complexity index is 1420. The number of para-hydroxylation sites is 1. The van der Waals surface area contributed by atoms with Crippen molar-refractivity contribution in [3.63, 3.8) is 0 Å². The maximum Gasteiger partial charge on any atom is 0.255 e. The highest BCUT2D eigenvalue weighted by molar-refractivity contribution is 6.06. The molecule has 8 heteroatoms. The molecule has 0 saturated carbocycles. The van der Waals surface area contributed by atoms with Crippen LogP contribution in [0.5, 0.6) is 5.75 Å². The average Bonchev–Trinajstić information content (AvgIpc) is 3.35. The Morgan fingerprint density at radius 2 is 1.70 bits per heavy atom. The fraction of sp³-hybridized carbons (Fsp3) is 0.241. The van der Waals surface area contributed by atoms with Gasteiger partial charge >= 0.3 is 0 Å². The van der Waals surface area contributed by atoms with Crippen molar-refractivity contribution >= 4 is 17.5 Å². The molecule has 1 aliphatic heterocycles. The molecule has 5 rings (SSSR count). The second kappa shape index (κ2) is 9.89. The van der Waals surface area contributed by atoms with Crippen molar-refractivity contribution in [1.29, 1.82) is 0 Å². The van der Waals surface area contributed by atoms with Crippen LogP contribution in [0.2, 0.25) is 0 Å². The van der Waals surface area contributed by atoms with E-state index in [-0.39, 0.29) is 11.3 Å². The van der Waals surface area contributed by atoms with E-state index in [1.54, 1.807) is 4.68 Å². The van der Waals surface area contributed by atoms with Gasteiger partial charge in [-0.3, -0.25) is 4.79 Å². The molecule has 8 nitrogen and oxygen atoms in total. The third-order valence-electron chi connectivity index (χ3n) is 6.41. The zero-order valence-corrected chi connectivity index (χ0v) is 21.4. The van der Waals surface area contributed by atoms with Gasteiger partial charge in [0, 0.05) is 11.4 Å². The Morgan fingerprint density at radius 3 is 2.38 bits per heavy atom. The number of benzene rings is 3. The number of tetrazole rings is 1. The van der Waals surface area contributed by atoms with Crippen molar-refractivity contribution in [1.82, 2.24) is 20.2 Å². The summed E-state index contributed by atoms with van der Waals surface area (Å²) in [5, 5.41) is 18.2. The lowest BCUT2D eigenvalue weighted by Crippen LogP contribution is -2.31. The fourth-order valence-electron chi connectivity index (χ4n) is 4.35. The van der Waals surface area contributed by atoms with Gasteiger partial charge in [-0.05, 0) is 63.7 Å². The van der Waals surface area contributed by atoms with Crippen molar-refractivity contribution in [3.8, 4) is 5.75 Å². The summed E-state index contributed by atoms with van der Waals surface area (Å²) in [5.41, 5.74) is 5.33. The third kappa shape index (κ3) is 5.23. The molecule has 0 aliphatic carbocycles. The molecule has 1 aromatic heterocycles. The number of fused-ring (bicyclic) bond motifs is 1. The molecule has 1 atom stereocenters. The summed E-state index contributed by atoms with van der Waals surface area (Å²) < 4.78 is 7.66. The second-order valence-corrected chi connectivity index (χ2v) is 10.1. The van der Waals surface area contributed by atoms with Crippen LogP contribution >= 0.6 is 0 Å². The quantitative estimate of drug-likeness (QED) is 0.369. The van der Waals surface area contributed by atoms with E-state index in [0.717, 1.165) is 16.9 Å². The summed E-state index contributed by atoms with van der Waals surface area (Å²) in [6.07, 6.45) is 0.